The van der Waals surface area contributed by atoms with Crippen molar-refractivity contribution in [1.29, 1.82) is 0 Å². The monoisotopic (exact) mass is 323 g/mol. The van der Waals surface area contributed by atoms with Gasteiger partial charge in [-0.3, -0.25) is 4.79 Å². The van der Waals surface area contributed by atoms with E-state index in [2.05, 4.69) is 40.4 Å². The van der Waals surface area contributed by atoms with Gasteiger partial charge in [0.25, 0.3) is 0 Å². The lowest BCUT2D eigenvalue weighted by Gasteiger charge is -2.27. The number of rotatable bonds is 5. The number of hydrogen-bond acceptors (Lipinski definition) is 2. The number of carbonyl (C=O) groups is 1. The van der Waals surface area contributed by atoms with E-state index < -0.39 is 0 Å². The third kappa shape index (κ3) is 3.23. The minimum atomic E-state index is 0.211. The van der Waals surface area contributed by atoms with Crippen molar-refractivity contribution in [2.45, 2.75) is 63.8 Å². The number of hydrogen-bond donors (Lipinski definition) is 1. The molecule has 1 amide bonds. The summed E-state index contributed by atoms with van der Waals surface area (Å²) in [6, 6.07) is 11.0. The van der Waals surface area contributed by atoms with E-state index >= 15 is 0 Å². The molecule has 24 heavy (non-hydrogen) atoms. The van der Waals surface area contributed by atoms with Crippen LogP contribution in [0.4, 0.5) is 0 Å². The van der Waals surface area contributed by atoms with Crippen LogP contribution in [0, 0.1) is 0 Å². The molecule has 2 heterocycles. The zero-order chi connectivity index (χ0) is 16.4. The second-order valence-corrected chi connectivity index (χ2v) is 7.11. The van der Waals surface area contributed by atoms with Crippen LogP contribution in [0.5, 0.6) is 0 Å². The normalized spacial score (nSPS) is 19.2. The van der Waals surface area contributed by atoms with E-state index in [-0.39, 0.29) is 5.91 Å². The Balaban J connectivity index is 1.33. The molecule has 4 nitrogen and oxygen atoms in total. The molecule has 1 aromatic carbocycles. The van der Waals surface area contributed by atoms with Gasteiger partial charge in [0, 0.05) is 16.9 Å². The van der Waals surface area contributed by atoms with Gasteiger partial charge in [-0.15, -0.1) is 0 Å². The number of nitrogens with zero attached hydrogens (tertiary/aromatic N) is 2. The van der Waals surface area contributed by atoms with E-state index in [1.165, 1.54) is 35.9 Å². The summed E-state index contributed by atoms with van der Waals surface area (Å²) in [7, 11) is 0. The van der Waals surface area contributed by atoms with Crippen LogP contribution in [0.3, 0.4) is 0 Å². The Morgan fingerprint density at radius 1 is 1.12 bits per heavy atom. The number of nitrogens with one attached hydrogen (secondary N) is 1. The number of para-hydroxylation sites is 1. The highest BCUT2D eigenvalue weighted by Gasteiger charge is 2.30. The SMILES string of the molecule is O=C1CC(CCCc2cc3ccccc3[nH]2)=NN1C1CCCCC1. The molecule has 0 radical (unpaired) electrons. The Labute approximate surface area is 142 Å². The van der Waals surface area contributed by atoms with E-state index in [9.17, 15) is 4.79 Å². The van der Waals surface area contributed by atoms with Crippen LogP contribution < -0.4 is 0 Å². The van der Waals surface area contributed by atoms with Crippen molar-refractivity contribution in [2.24, 2.45) is 5.10 Å². The van der Waals surface area contributed by atoms with Gasteiger partial charge in [0.2, 0.25) is 5.91 Å². The number of aromatic nitrogens is 1. The summed E-state index contributed by atoms with van der Waals surface area (Å²) in [4.78, 5) is 15.7. The fraction of sp³-hybridized carbons (Fsp3) is 0.500. The number of aryl methyl sites for hydroxylation is 1. The van der Waals surface area contributed by atoms with Crippen molar-refractivity contribution in [1.82, 2.24) is 9.99 Å². The maximum atomic E-state index is 12.2. The number of amides is 1. The molecule has 1 aromatic heterocycles. The molecule has 4 heteroatoms. The molecule has 0 saturated heterocycles. The van der Waals surface area contributed by atoms with Gasteiger partial charge in [0.05, 0.1) is 12.5 Å². The fourth-order valence-corrected chi connectivity index (χ4v) is 4.00. The lowest BCUT2D eigenvalue weighted by molar-refractivity contribution is -0.131. The quantitative estimate of drug-likeness (QED) is 0.870. The molecule has 2 aromatic rings. The van der Waals surface area contributed by atoms with Crippen molar-refractivity contribution < 1.29 is 4.79 Å². The zero-order valence-corrected chi connectivity index (χ0v) is 14.1. The molecule has 2 aliphatic rings. The van der Waals surface area contributed by atoms with Gasteiger partial charge in [0.15, 0.2) is 0 Å². The predicted molar refractivity (Wildman–Crippen MR) is 97.0 cm³/mol. The Bertz CT molecular complexity index is 722. The van der Waals surface area contributed by atoms with Crippen molar-refractivity contribution in [3.8, 4) is 0 Å². The molecular formula is C20H25N3O. The first-order valence-electron chi connectivity index (χ1n) is 9.24. The van der Waals surface area contributed by atoms with Crippen molar-refractivity contribution >= 4 is 22.5 Å². The van der Waals surface area contributed by atoms with E-state index in [4.69, 9.17) is 0 Å². The number of H-pyrrole nitrogens is 1. The van der Waals surface area contributed by atoms with Crippen molar-refractivity contribution in [3.63, 3.8) is 0 Å². The summed E-state index contributed by atoms with van der Waals surface area (Å²) >= 11 is 0. The number of hydrazone groups is 1. The highest BCUT2D eigenvalue weighted by atomic mass is 16.2. The predicted octanol–water partition coefficient (Wildman–Crippen LogP) is 4.41. The zero-order valence-electron chi connectivity index (χ0n) is 14.1. The Kier molecular flexibility index (Phi) is 4.37. The smallest absolute Gasteiger partial charge is 0.248 e. The number of carbonyl (C=O) groups excluding carboxylic acids is 1. The van der Waals surface area contributed by atoms with Crippen LogP contribution in [0.1, 0.15) is 57.1 Å². The number of aromatic amines is 1. The largest absolute Gasteiger partial charge is 0.358 e. The Morgan fingerprint density at radius 2 is 1.96 bits per heavy atom. The lowest BCUT2D eigenvalue weighted by atomic mass is 9.95. The first kappa shape index (κ1) is 15.4. The van der Waals surface area contributed by atoms with E-state index in [1.54, 1.807) is 5.01 Å². The van der Waals surface area contributed by atoms with Crippen LogP contribution in [-0.2, 0) is 11.2 Å². The van der Waals surface area contributed by atoms with Gasteiger partial charge < -0.3 is 4.98 Å². The second kappa shape index (κ2) is 6.80. The third-order valence-electron chi connectivity index (χ3n) is 5.28. The van der Waals surface area contributed by atoms with Gasteiger partial charge >= 0.3 is 0 Å². The molecule has 1 aliphatic carbocycles. The maximum Gasteiger partial charge on any atom is 0.248 e. The molecule has 126 valence electrons. The summed E-state index contributed by atoms with van der Waals surface area (Å²) in [5, 5.41) is 7.73. The molecule has 4 rings (SSSR count). The van der Waals surface area contributed by atoms with Crippen LogP contribution in [0.2, 0.25) is 0 Å². The third-order valence-corrected chi connectivity index (χ3v) is 5.28. The summed E-state index contributed by atoms with van der Waals surface area (Å²) in [6.07, 6.45) is 9.52. The summed E-state index contributed by atoms with van der Waals surface area (Å²) in [6.45, 7) is 0. The minimum Gasteiger partial charge on any atom is -0.358 e. The number of fused-ring (bicyclic) bond motifs is 1. The standard InChI is InChI=1S/C20H25N3O/c24-20-14-17(22-23(20)18-10-2-1-3-11-18)9-6-8-16-13-15-7-4-5-12-19(15)21-16/h4-5,7,12-13,18,21H,1-3,6,8-11,14H2. The molecular weight excluding hydrogens is 298 g/mol. The first-order chi connectivity index (χ1) is 11.8. The summed E-state index contributed by atoms with van der Waals surface area (Å²) < 4.78 is 0. The molecule has 0 atom stereocenters. The molecule has 1 saturated carbocycles. The van der Waals surface area contributed by atoms with Gasteiger partial charge in [-0.1, -0.05) is 37.5 Å². The first-order valence-corrected chi connectivity index (χ1v) is 9.24. The van der Waals surface area contributed by atoms with E-state index in [0.29, 0.717) is 12.5 Å². The summed E-state index contributed by atoms with van der Waals surface area (Å²) in [5.41, 5.74) is 3.54. The maximum absolute atomic E-state index is 12.2. The average molecular weight is 323 g/mol. The average Bonchev–Trinajstić information content (AvgIpc) is 3.18. The van der Waals surface area contributed by atoms with E-state index in [1.807, 2.05) is 0 Å². The molecule has 0 unspecified atom stereocenters. The molecule has 1 aliphatic heterocycles. The van der Waals surface area contributed by atoms with Gasteiger partial charge in [-0.05, 0) is 49.6 Å². The van der Waals surface area contributed by atoms with Crippen LogP contribution in [-0.4, -0.2) is 27.7 Å². The van der Waals surface area contributed by atoms with Gasteiger partial charge in [0.1, 0.15) is 0 Å². The molecule has 0 spiro atoms. The van der Waals surface area contributed by atoms with Crippen LogP contribution in [0.15, 0.2) is 35.4 Å². The Hall–Kier alpha value is -2.10. The molecule has 0 bridgehead atoms. The highest BCUT2D eigenvalue weighted by Crippen LogP contribution is 2.26. The molecule has 1 fully saturated rings. The van der Waals surface area contributed by atoms with Gasteiger partial charge in [-0.2, -0.15) is 5.10 Å². The topological polar surface area (TPSA) is 48.5 Å². The van der Waals surface area contributed by atoms with E-state index in [0.717, 1.165) is 37.8 Å². The van der Waals surface area contributed by atoms with Crippen molar-refractivity contribution in [3.05, 3.63) is 36.0 Å². The fourth-order valence-electron chi connectivity index (χ4n) is 4.00. The minimum absolute atomic E-state index is 0.211. The number of benzene rings is 1. The second-order valence-electron chi connectivity index (χ2n) is 7.11. The highest BCUT2D eigenvalue weighted by molar-refractivity contribution is 6.05. The van der Waals surface area contributed by atoms with Crippen molar-refractivity contribution in [2.75, 3.05) is 0 Å². The molecule has 1 N–H and O–H groups in total. The van der Waals surface area contributed by atoms with Crippen LogP contribution in [0.25, 0.3) is 10.9 Å². The lowest BCUT2D eigenvalue weighted by Crippen LogP contribution is -2.34. The van der Waals surface area contributed by atoms with Crippen LogP contribution >= 0.6 is 0 Å². The summed E-state index contributed by atoms with van der Waals surface area (Å²) in [5.74, 6) is 0.211. The van der Waals surface area contributed by atoms with Gasteiger partial charge in [-0.25, -0.2) is 5.01 Å². The Morgan fingerprint density at radius 3 is 2.79 bits per heavy atom.